The van der Waals surface area contributed by atoms with Crippen LogP contribution in [0.1, 0.15) is 38.2 Å². The number of hydrogen-bond acceptors (Lipinski definition) is 3. The van der Waals surface area contributed by atoms with Crippen LogP contribution in [0.3, 0.4) is 0 Å². The minimum absolute atomic E-state index is 0.110. The quantitative estimate of drug-likeness (QED) is 0.821. The summed E-state index contributed by atoms with van der Waals surface area (Å²) in [7, 11) is 1.53. The Balaban J connectivity index is 1.74. The van der Waals surface area contributed by atoms with Crippen LogP contribution >= 0.6 is 0 Å². The Kier molecular flexibility index (Phi) is 4.10. The van der Waals surface area contributed by atoms with Crippen molar-refractivity contribution >= 4 is 5.91 Å². The monoisotopic (exact) mass is 301 g/mol. The van der Waals surface area contributed by atoms with E-state index in [1.165, 1.54) is 25.5 Å². The summed E-state index contributed by atoms with van der Waals surface area (Å²) in [6, 6.07) is 5.62. The molecular weight excluding hydrogens is 278 g/mol. The number of amides is 1. The van der Waals surface area contributed by atoms with Crippen LogP contribution in [0, 0.1) is 5.92 Å². The van der Waals surface area contributed by atoms with Crippen LogP contribution in [0.15, 0.2) is 29.8 Å². The third kappa shape index (κ3) is 3.43. The lowest BCUT2D eigenvalue weighted by molar-refractivity contribution is -0.127. The Bertz CT molecular complexity index is 600. The van der Waals surface area contributed by atoms with Gasteiger partial charge in [-0.3, -0.25) is 4.79 Å². The van der Waals surface area contributed by atoms with Crippen LogP contribution in [0.25, 0.3) is 0 Å². The molecule has 118 valence electrons. The van der Waals surface area contributed by atoms with Crippen LogP contribution in [0.2, 0.25) is 0 Å². The number of phenolic OH excluding ortho intramolecular Hbond substituents is 1. The van der Waals surface area contributed by atoms with E-state index in [4.69, 9.17) is 4.74 Å². The standard InChI is InChI=1S/C18H23NO3/c1-12(14-4-5-14)9-18(21)19(15-6-7-15)11-13-3-8-16(20)17(10-13)22-2/h3,8-10,14-15,20H,4-7,11H2,1-2H3/b12-9+. The average molecular weight is 301 g/mol. The van der Waals surface area contributed by atoms with E-state index < -0.39 is 0 Å². The van der Waals surface area contributed by atoms with E-state index in [2.05, 4.69) is 6.92 Å². The maximum atomic E-state index is 12.6. The van der Waals surface area contributed by atoms with Gasteiger partial charge in [0.1, 0.15) is 0 Å². The molecule has 2 aliphatic carbocycles. The van der Waals surface area contributed by atoms with E-state index in [1.54, 1.807) is 12.1 Å². The van der Waals surface area contributed by atoms with Gasteiger partial charge < -0.3 is 14.7 Å². The first-order valence-electron chi connectivity index (χ1n) is 7.93. The lowest BCUT2D eigenvalue weighted by Gasteiger charge is -2.22. The van der Waals surface area contributed by atoms with Crippen molar-refractivity contribution in [2.45, 2.75) is 45.2 Å². The van der Waals surface area contributed by atoms with Gasteiger partial charge in [0.25, 0.3) is 0 Å². The molecule has 0 aliphatic heterocycles. The van der Waals surface area contributed by atoms with Crippen LogP contribution in [0.5, 0.6) is 11.5 Å². The number of carbonyl (C=O) groups is 1. The number of nitrogens with zero attached hydrogens (tertiary/aromatic N) is 1. The molecule has 1 aromatic carbocycles. The Morgan fingerprint density at radius 1 is 1.36 bits per heavy atom. The molecule has 0 aromatic heterocycles. The molecule has 0 radical (unpaired) electrons. The molecule has 1 N–H and O–H groups in total. The number of aromatic hydroxyl groups is 1. The summed E-state index contributed by atoms with van der Waals surface area (Å²) in [4.78, 5) is 14.5. The van der Waals surface area contributed by atoms with E-state index >= 15 is 0 Å². The van der Waals surface area contributed by atoms with E-state index in [9.17, 15) is 9.90 Å². The fourth-order valence-corrected chi connectivity index (χ4v) is 2.72. The van der Waals surface area contributed by atoms with Crippen molar-refractivity contribution in [1.29, 1.82) is 0 Å². The highest BCUT2D eigenvalue weighted by atomic mass is 16.5. The van der Waals surface area contributed by atoms with Crippen LogP contribution < -0.4 is 4.74 Å². The van der Waals surface area contributed by atoms with Gasteiger partial charge in [-0.15, -0.1) is 0 Å². The second-order valence-electron chi connectivity index (χ2n) is 6.37. The maximum Gasteiger partial charge on any atom is 0.247 e. The molecule has 4 nitrogen and oxygen atoms in total. The Hall–Kier alpha value is -1.97. The molecule has 0 unspecified atom stereocenters. The summed E-state index contributed by atoms with van der Waals surface area (Å²) in [5, 5.41) is 9.67. The minimum atomic E-state index is 0.110. The second kappa shape index (κ2) is 6.03. The largest absolute Gasteiger partial charge is 0.504 e. The molecule has 0 saturated heterocycles. The van der Waals surface area contributed by atoms with Crippen molar-refractivity contribution in [2.75, 3.05) is 7.11 Å². The van der Waals surface area contributed by atoms with Crippen molar-refractivity contribution in [2.24, 2.45) is 5.92 Å². The molecule has 22 heavy (non-hydrogen) atoms. The maximum absolute atomic E-state index is 12.6. The molecule has 0 spiro atoms. The van der Waals surface area contributed by atoms with Crippen molar-refractivity contribution in [1.82, 2.24) is 4.90 Å². The Labute approximate surface area is 131 Å². The second-order valence-corrected chi connectivity index (χ2v) is 6.37. The highest BCUT2D eigenvalue weighted by Crippen LogP contribution is 2.37. The first kappa shape index (κ1) is 14.9. The van der Waals surface area contributed by atoms with Gasteiger partial charge in [0.2, 0.25) is 5.91 Å². The zero-order valence-electron chi connectivity index (χ0n) is 13.2. The van der Waals surface area contributed by atoms with Crippen molar-refractivity contribution in [3.8, 4) is 11.5 Å². The topological polar surface area (TPSA) is 49.8 Å². The van der Waals surface area contributed by atoms with Crippen LogP contribution in [0.4, 0.5) is 0 Å². The summed E-state index contributed by atoms with van der Waals surface area (Å²) in [6.45, 7) is 2.62. The third-order valence-electron chi connectivity index (χ3n) is 4.44. The number of phenols is 1. The number of carbonyl (C=O) groups excluding carboxylic acids is 1. The smallest absolute Gasteiger partial charge is 0.247 e. The molecule has 2 fully saturated rings. The molecule has 2 aliphatic rings. The Morgan fingerprint density at radius 3 is 2.68 bits per heavy atom. The zero-order chi connectivity index (χ0) is 15.7. The van der Waals surface area contributed by atoms with E-state index in [1.807, 2.05) is 17.0 Å². The van der Waals surface area contributed by atoms with Gasteiger partial charge in [0.15, 0.2) is 11.5 Å². The minimum Gasteiger partial charge on any atom is -0.504 e. The predicted molar refractivity (Wildman–Crippen MR) is 84.7 cm³/mol. The lowest BCUT2D eigenvalue weighted by atomic mass is 10.1. The van der Waals surface area contributed by atoms with Crippen LogP contribution in [-0.2, 0) is 11.3 Å². The zero-order valence-corrected chi connectivity index (χ0v) is 13.2. The van der Waals surface area contributed by atoms with Gasteiger partial charge in [-0.05, 0) is 56.2 Å². The number of ether oxygens (including phenoxy) is 1. The van der Waals surface area contributed by atoms with Gasteiger partial charge in [0.05, 0.1) is 7.11 Å². The first-order valence-corrected chi connectivity index (χ1v) is 7.93. The molecule has 1 aromatic rings. The summed E-state index contributed by atoms with van der Waals surface area (Å²) in [6.07, 6.45) is 6.41. The molecule has 3 rings (SSSR count). The highest BCUT2D eigenvalue weighted by molar-refractivity contribution is 5.88. The molecule has 0 bridgehead atoms. The summed E-state index contributed by atoms with van der Waals surface area (Å²) in [5.41, 5.74) is 2.19. The predicted octanol–water partition coefficient (Wildman–Crippen LogP) is 3.25. The fourth-order valence-electron chi connectivity index (χ4n) is 2.72. The normalized spacial score (nSPS) is 18.2. The molecule has 4 heteroatoms. The molecule has 0 heterocycles. The lowest BCUT2D eigenvalue weighted by Crippen LogP contribution is -2.31. The summed E-state index contributed by atoms with van der Waals surface area (Å²) < 4.78 is 5.14. The Morgan fingerprint density at radius 2 is 2.09 bits per heavy atom. The van der Waals surface area contributed by atoms with Crippen molar-refractivity contribution < 1.29 is 14.6 Å². The fraction of sp³-hybridized carbons (Fsp3) is 0.500. The average Bonchev–Trinajstić information content (AvgIpc) is 3.38. The molecule has 0 atom stereocenters. The van der Waals surface area contributed by atoms with Crippen molar-refractivity contribution in [3.63, 3.8) is 0 Å². The summed E-state index contributed by atoms with van der Waals surface area (Å²) in [5.74, 6) is 1.31. The number of benzene rings is 1. The summed E-state index contributed by atoms with van der Waals surface area (Å²) >= 11 is 0. The van der Waals surface area contributed by atoms with Crippen molar-refractivity contribution in [3.05, 3.63) is 35.4 Å². The van der Waals surface area contributed by atoms with E-state index in [-0.39, 0.29) is 11.7 Å². The third-order valence-corrected chi connectivity index (χ3v) is 4.44. The van der Waals surface area contributed by atoms with E-state index in [0.717, 1.165) is 18.4 Å². The van der Waals surface area contributed by atoms with Gasteiger partial charge in [-0.25, -0.2) is 0 Å². The molecular formula is C18H23NO3. The van der Waals surface area contributed by atoms with E-state index in [0.29, 0.717) is 24.3 Å². The molecule has 1 amide bonds. The number of allylic oxidation sites excluding steroid dienone is 1. The number of rotatable bonds is 6. The number of hydrogen-bond donors (Lipinski definition) is 1. The van der Waals surface area contributed by atoms with Gasteiger partial charge in [0, 0.05) is 18.7 Å². The van der Waals surface area contributed by atoms with Gasteiger partial charge in [-0.1, -0.05) is 11.6 Å². The SMILES string of the molecule is COc1cc(CN(C(=O)/C=C(\C)C2CC2)C2CC2)ccc1O. The highest BCUT2D eigenvalue weighted by Gasteiger charge is 2.32. The van der Waals surface area contributed by atoms with Gasteiger partial charge in [-0.2, -0.15) is 0 Å². The van der Waals surface area contributed by atoms with Crippen LogP contribution in [-0.4, -0.2) is 29.1 Å². The van der Waals surface area contributed by atoms with Gasteiger partial charge >= 0.3 is 0 Å². The number of methoxy groups -OCH3 is 1. The first-order chi connectivity index (χ1) is 10.6. The molecule has 2 saturated carbocycles.